The average Bonchev–Trinajstić information content (AvgIpc) is 3.39. The molecule has 3 fully saturated rings. The summed E-state index contributed by atoms with van der Waals surface area (Å²) in [5.41, 5.74) is 6.28. The molecular formula is C25H35N5O3. The zero-order valence-corrected chi connectivity index (χ0v) is 19.4. The van der Waals surface area contributed by atoms with Crippen LogP contribution in [0.3, 0.4) is 0 Å². The van der Waals surface area contributed by atoms with Crippen molar-refractivity contribution in [3.8, 4) is 0 Å². The monoisotopic (exact) mass is 453 g/mol. The number of nitrogens with zero attached hydrogens (tertiary/aromatic N) is 1. The molecule has 33 heavy (non-hydrogen) atoms. The van der Waals surface area contributed by atoms with Gasteiger partial charge in [0.05, 0.1) is 6.54 Å². The van der Waals surface area contributed by atoms with Crippen molar-refractivity contribution in [3.05, 3.63) is 29.8 Å². The molecule has 4 rings (SSSR count). The number of hydrogen-bond donors (Lipinski definition) is 4. The van der Waals surface area contributed by atoms with Crippen LogP contribution in [0.2, 0.25) is 0 Å². The van der Waals surface area contributed by atoms with Crippen molar-refractivity contribution < 1.29 is 14.4 Å². The van der Waals surface area contributed by atoms with Crippen LogP contribution in [0.5, 0.6) is 0 Å². The Kier molecular flexibility index (Phi) is 6.72. The van der Waals surface area contributed by atoms with Gasteiger partial charge >= 0.3 is 0 Å². The van der Waals surface area contributed by atoms with E-state index in [9.17, 15) is 14.4 Å². The van der Waals surface area contributed by atoms with E-state index < -0.39 is 11.9 Å². The Bertz CT molecular complexity index is 942. The number of carbonyl (C=O) groups is 3. The van der Waals surface area contributed by atoms with Crippen LogP contribution in [0, 0.1) is 16.7 Å². The molecule has 0 bridgehead atoms. The van der Waals surface area contributed by atoms with Crippen LogP contribution in [0.15, 0.2) is 24.3 Å². The minimum absolute atomic E-state index is 0.0180. The lowest BCUT2D eigenvalue weighted by atomic mass is 9.83. The molecule has 3 unspecified atom stereocenters. The topological polar surface area (TPSA) is 128 Å². The minimum atomic E-state index is -0.826. The maximum atomic E-state index is 13.2. The quantitative estimate of drug-likeness (QED) is 0.451. The van der Waals surface area contributed by atoms with Gasteiger partial charge in [-0.2, -0.15) is 0 Å². The lowest BCUT2D eigenvalue weighted by molar-refractivity contribution is -0.137. The zero-order chi connectivity index (χ0) is 23.6. The minimum Gasteiger partial charge on any atom is -0.376 e. The van der Waals surface area contributed by atoms with Crippen molar-refractivity contribution in [3.63, 3.8) is 0 Å². The van der Waals surface area contributed by atoms with Crippen molar-refractivity contribution in [2.24, 2.45) is 17.1 Å². The van der Waals surface area contributed by atoms with Gasteiger partial charge in [0.1, 0.15) is 11.8 Å². The van der Waals surface area contributed by atoms with E-state index in [1.807, 2.05) is 0 Å². The Morgan fingerprint density at radius 3 is 2.67 bits per heavy atom. The van der Waals surface area contributed by atoms with E-state index in [4.69, 9.17) is 11.1 Å². The molecule has 8 nitrogen and oxygen atoms in total. The number of likely N-dealkylation sites (tertiary alicyclic amines) is 1. The van der Waals surface area contributed by atoms with Gasteiger partial charge in [0.2, 0.25) is 11.8 Å². The van der Waals surface area contributed by atoms with E-state index in [0.717, 1.165) is 19.3 Å². The third-order valence-electron chi connectivity index (χ3n) is 7.70. The first-order valence-electron chi connectivity index (χ1n) is 12.1. The first kappa shape index (κ1) is 23.3. The van der Waals surface area contributed by atoms with E-state index >= 15 is 0 Å². The Morgan fingerprint density at radius 1 is 1.21 bits per heavy atom. The standard InChI is InChI=1S/C25H35N5O3/c1-2-16-12-20(24(33)29-17-6-5-9-25(13-17)10-11-25)30(15-16)21(31)14-28-19-8-4-3-7-18(19)22(26)23(27)32/h3-4,7-8,16-17,20,26,28H,2,5-6,9-15H2,1H3,(H2,27,32)(H,29,33). The van der Waals surface area contributed by atoms with Gasteiger partial charge < -0.3 is 21.3 Å². The van der Waals surface area contributed by atoms with Crippen LogP contribution in [0.25, 0.3) is 0 Å². The Morgan fingerprint density at radius 2 is 1.97 bits per heavy atom. The number of primary amides is 1. The fourth-order valence-electron chi connectivity index (χ4n) is 5.51. The molecule has 1 heterocycles. The van der Waals surface area contributed by atoms with E-state index in [-0.39, 0.29) is 30.1 Å². The van der Waals surface area contributed by atoms with Gasteiger partial charge in [-0.15, -0.1) is 0 Å². The third-order valence-corrected chi connectivity index (χ3v) is 7.70. The smallest absolute Gasteiger partial charge is 0.267 e. The lowest BCUT2D eigenvalue weighted by Crippen LogP contribution is -2.50. The highest BCUT2D eigenvalue weighted by Gasteiger charge is 2.47. The van der Waals surface area contributed by atoms with E-state index in [1.54, 1.807) is 29.2 Å². The number of hydrogen-bond acceptors (Lipinski definition) is 5. The van der Waals surface area contributed by atoms with E-state index in [1.165, 1.54) is 25.7 Å². The summed E-state index contributed by atoms with van der Waals surface area (Å²) in [6, 6.07) is 6.58. The van der Waals surface area contributed by atoms with Gasteiger partial charge in [0, 0.05) is 23.8 Å². The van der Waals surface area contributed by atoms with Gasteiger partial charge in [0.15, 0.2) is 0 Å². The maximum absolute atomic E-state index is 13.2. The molecule has 2 saturated carbocycles. The van der Waals surface area contributed by atoms with Crippen LogP contribution in [0.1, 0.15) is 63.9 Å². The summed E-state index contributed by atoms with van der Waals surface area (Å²) >= 11 is 0. The molecular weight excluding hydrogens is 418 g/mol. The molecule has 3 aliphatic rings. The second-order valence-electron chi connectivity index (χ2n) is 10.0. The van der Waals surface area contributed by atoms with Gasteiger partial charge in [-0.3, -0.25) is 19.8 Å². The van der Waals surface area contributed by atoms with Crippen molar-refractivity contribution in [1.82, 2.24) is 10.2 Å². The van der Waals surface area contributed by atoms with Gasteiger partial charge in [0.25, 0.3) is 5.91 Å². The highest BCUT2D eigenvalue weighted by atomic mass is 16.2. The number of anilines is 1. The second-order valence-corrected chi connectivity index (χ2v) is 10.0. The first-order valence-corrected chi connectivity index (χ1v) is 12.1. The van der Waals surface area contributed by atoms with Crippen molar-refractivity contribution in [2.45, 2.75) is 70.4 Å². The van der Waals surface area contributed by atoms with Gasteiger partial charge in [-0.1, -0.05) is 38.0 Å². The first-order chi connectivity index (χ1) is 15.8. The van der Waals surface area contributed by atoms with Crippen molar-refractivity contribution in [2.75, 3.05) is 18.4 Å². The summed E-state index contributed by atoms with van der Waals surface area (Å²) in [6.07, 6.45) is 8.72. The Balaban J connectivity index is 1.40. The predicted molar refractivity (Wildman–Crippen MR) is 127 cm³/mol. The molecule has 1 aromatic rings. The van der Waals surface area contributed by atoms with Crippen LogP contribution in [0.4, 0.5) is 5.69 Å². The molecule has 1 saturated heterocycles. The highest BCUT2D eigenvalue weighted by Crippen LogP contribution is 2.56. The molecule has 1 aromatic carbocycles. The largest absolute Gasteiger partial charge is 0.376 e. The normalized spacial score (nSPS) is 25.5. The predicted octanol–water partition coefficient (Wildman–Crippen LogP) is 2.42. The fraction of sp³-hybridized carbons (Fsp3) is 0.600. The molecule has 178 valence electrons. The number of nitrogens with one attached hydrogen (secondary N) is 3. The van der Waals surface area contributed by atoms with E-state index in [0.29, 0.717) is 35.5 Å². The summed E-state index contributed by atoms with van der Waals surface area (Å²) < 4.78 is 0. The summed E-state index contributed by atoms with van der Waals surface area (Å²) in [4.78, 5) is 39.5. The Labute approximate surface area is 195 Å². The number of para-hydroxylation sites is 1. The number of carbonyl (C=O) groups excluding carboxylic acids is 3. The van der Waals surface area contributed by atoms with Crippen LogP contribution < -0.4 is 16.4 Å². The van der Waals surface area contributed by atoms with Crippen molar-refractivity contribution >= 4 is 29.1 Å². The molecule has 3 atom stereocenters. The van der Waals surface area contributed by atoms with Crippen molar-refractivity contribution in [1.29, 1.82) is 5.41 Å². The lowest BCUT2D eigenvalue weighted by Gasteiger charge is -2.32. The average molecular weight is 454 g/mol. The summed E-state index contributed by atoms with van der Waals surface area (Å²) in [5.74, 6) is -0.707. The molecule has 2 aliphatic carbocycles. The molecule has 1 spiro atoms. The van der Waals surface area contributed by atoms with Crippen LogP contribution in [-0.4, -0.2) is 53.5 Å². The zero-order valence-electron chi connectivity index (χ0n) is 19.4. The van der Waals surface area contributed by atoms with Gasteiger partial charge in [-0.05, 0) is 55.9 Å². The Hall–Kier alpha value is -2.90. The van der Waals surface area contributed by atoms with Gasteiger partial charge in [-0.25, -0.2) is 0 Å². The molecule has 5 N–H and O–H groups in total. The number of benzene rings is 1. The second kappa shape index (κ2) is 9.53. The fourth-order valence-corrected chi connectivity index (χ4v) is 5.51. The molecule has 0 radical (unpaired) electrons. The maximum Gasteiger partial charge on any atom is 0.267 e. The summed E-state index contributed by atoms with van der Waals surface area (Å²) in [6.45, 7) is 2.65. The number of nitrogens with two attached hydrogens (primary N) is 1. The van der Waals surface area contributed by atoms with E-state index in [2.05, 4.69) is 17.6 Å². The molecule has 3 amide bonds. The number of amides is 3. The molecule has 1 aliphatic heterocycles. The molecule has 0 aromatic heterocycles. The third kappa shape index (κ3) is 5.20. The van der Waals surface area contributed by atoms with Crippen LogP contribution >= 0.6 is 0 Å². The SMILES string of the molecule is CCC1CC(C(=O)NC2CCCC3(CC3)C2)N(C(=O)CNc2ccccc2C(=N)C(N)=O)C1. The summed E-state index contributed by atoms with van der Waals surface area (Å²) in [5, 5.41) is 14.2. The van der Waals surface area contributed by atoms with Crippen LogP contribution in [-0.2, 0) is 14.4 Å². The number of rotatable bonds is 8. The summed E-state index contributed by atoms with van der Waals surface area (Å²) in [7, 11) is 0. The molecule has 8 heteroatoms. The highest BCUT2D eigenvalue weighted by molar-refractivity contribution is 6.44.